The number of hydrogen-bond donors (Lipinski definition) is 1. The van der Waals surface area contributed by atoms with Crippen molar-refractivity contribution in [3.8, 4) is 5.75 Å². The van der Waals surface area contributed by atoms with E-state index >= 15 is 0 Å². The summed E-state index contributed by atoms with van der Waals surface area (Å²) in [6, 6.07) is 17.2. The maximum atomic E-state index is 12.0. The van der Waals surface area contributed by atoms with E-state index in [9.17, 15) is 9.59 Å². The summed E-state index contributed by atoms with van der Waals surface area (Å²) in [7, 11) is 0. The van der Waals surface area contributed by atoms with Crippen molar-refractivity contribution in [2.24, 2.45) is 11.7 Å². The molecule has 3 rings (SSSR count). The highest BCUT2D eigenvalue weighted by atomic mass is 16.5. The Balaban J connectivity index is 1.63. The number of carbonyl (C=O) groups excluding carboxylic acids is 2. The first kappa shape index (κ1) is 15.1. The fraction of sp³-hybridized carbons (Fsp3) is 0.222. The van der Waals surface area contributed by atoms with Crippen molar-refractivity contribution in [3.63, 3.8) is 0 Å². The molecule has 0 saturated carbocycles. The SMILES string of the molecule is NC(=O)[C@H]1CC(=O)N(c2ccc(OCc3ccccc3)cc2)C1. The van der Waals surface area contributed by atoms with E-state index in [4.69, 9.17) is 10.5 Å². The fourth-order valence-corrected chi connectivity index (χ4v) is 2.61. The number of amides is 2. The fourth-order valence-electron chi connectivity index (χ4n) is 2.61. The van der Waals surface area contributed by atoms with Crippen LogP contribution in [0, 0.1) is 5.92 Å². The van der Waals surface area contributed by atoms with Crippen molar-refractivity contribution >= 4 is 17.5 Å². The minimum atomic E-state index is -0.427. The molecule has 0 bridgehead atoms. The van der Waals surface area contributed by atoms with Crippen molar-refractivity contribution < 1.29 is 14.3 Å². The minimum absolute atomic E-state index is 0.0771. The monoisotopic (exact) mass is 310 g/mol. The van der Waals surface area contributed by atoms with Gasteiger partial charge < -0.3 is 15.4 Å². The van der Waals surface area contributed by atoms with Gasteiger partial charge in [-0.1, -0.05) is 30.3 Å². The molecule has 1 saturated heterocycles. The van der Waals surface area contributed by atoms with Gasteiger partial charge in [0.1, 0.15) is 12.4 Å². The summed E-state index contributed by atoms with van der Waals surface area (Å²) >= 11 is 0. The highest BCUT2D eigenvalue weighted by Crippen LogP contribution is 2.26. The molecule has 0 radical (unpaired) electrons. The molecule has 1 heterocycles. The van der Waals surface area contributed by atoms with Crippen LogP contribution in [0.1, 0.15) is 12.0 Å². The molecule has 5 heteroatoms. The molecule has 5 nitrogen and oxygen atoms in total. The van der Waals surface area contributed by atoms with Gasteiger partial charge in [0.05, 0.1) is 5.92 Å². The van der Waals surface area contributed by atoms with Gasteiger partial charge in [-0.2, -0.15) is 0 Å². The molecule has 0 aliphatic carbocycles. The summed E-state index contributed by atoms with van der Waals surface area (Å²) in [5.74, 6) is -0.178. The molecular formula is C18H18N2O3. The van der Waals surface area contributed by atoms with E-state index < -0.39 is 11.8 Å². The molecule has 2 aromatic carbocycles. The first-order valence-electron chi connectivity index (χ1n) is 7.50. The lowest BCUT2D eigenvalue weighted by molar-refractivity contribution is -0.123. The standard InChI is InChI=1S/C18H18N2O3/c19-18(22)14-10-17(21)20(11-14)15-6-8-16(9-7-15)23-12-13-4-2-1-3-5-13/h1-9,14H,10-12H2,(H2,19,22)/t14-/m0/s1. The zero-order valence-corrected chi connectivity index (χ0v) is 12.6. The molecule has 1 aliphatic heterocycles. The molecule has 0 spiro atoms. The molecule has 2 amide bonds. The van der Waals surface area contributed by atoms with Gasteiger partial charge in [-0.15, -0.1) is 0 Å². The number of anilines is 1. The second-order valence-corrected chi connectivity index (χ2v) is 5.58. The number of nitrogens with two attached hydrogens (primary N) is 1. The van der Waals surface area contributed by atoms with Gasteiger partial charge in [0.2, 0.25) is 11.8 Å². The van der Waals surface area contributed by atoms with E-state index in [1.54, 1.807) is 4.90 Å². The molecular weight excluding hydrogens is 292 g/mol. The van der Waals surface area contributed by atoms with E-state index in [0.29, 0.717) is 13.2 Å². The van der Waals surface area contributed by atoms with Crippen molar-refractivity contribution in [1.82, 2.24) is 0 Å². The normalized spacial score (nSPS) is 17.3. The highest BCUT2D eigenvalue weighted by molar-refractivity contribution is 6.00. The summed E-state index contributed by atoms with van der Waals surface area (Å²) in [6.45, 7) is 0.838. The summed E-state index contributed by atoms with van der Waals surface area (Å²) < 4.78 is 5.72. The quantitative estimate of drug-likeness (QED) is 0.919. The molecule has 118 valence electrons. The average Bonchev–Trinajstić information content (AvgIpc) is 2.97. The van der Waals surface area contributed by atoms with Crippen LogP contribution in [0.2, 0.25) is 0 Å². The van der Waals surface area contributed by atoms with Gasteiger partial charge in [-0.3, -0.25) is 9.59 Å². The van der Waals surface area contributed by atoms with Gasteiger partial charge in [0.15, 0.2) is 0 Å². The smallest absolute Gasteiger partial charge is 0.227 e. The zero-order valence-electron chi connectivity index (χ0n) is 12.6. The van der Waals surface area contributed by atoms with Gasteiger partial charge in [0, 0.05) is 18.7 Å². The number of nitrogens with zero attached hydrogens (tertiary/aromatic N) is 1. The Morgan fingerprint density at radius 3 is 2.43 bits per heavy atom. The van der Waals surface area contributed by atoms with Crippen LogP contribution in [0.15, 0.2) is 54.6 Å². The van der Waals surface area contributed by atoms with Crippen LogP contribution in [0.5, 0.6) is 5.75 Å². The van der Waals surface area contributed by atoms with Crippen LogP contribution in [0.4, 0.5) is 5.69 Å². The number of primary amides is 1. The van der Waals surface area contributed by atoms with E-state index in [2.05, 4.69) is 0 Å². The van der Waals surface area contributed by atoms with Crippen LogP contribution in [0.3, 0.4) is 0 Å². The topological polar surface area (TPSA) is 72.6 Å². The third kappa shape index (κ3) is 3.51. The van der Waals surface area contributed by atoms with Gasteiger partial charge >= 0.3 is 0 Å². The lowest BCUT2D eigenvalue weighted by atomic mass is 10.1. The molecule has 2 aromatic rings. The summed E-state index contributed by atoms with van der Waals surface area (Å²) in [6.07, 6.45) is 0.182. The molecule has 0 aromatic heterocycles. The van der Waals surface area contributed by atoms with Crippen LogP contribution in [0.25, 0.3) is 0 Å². The molecule has 1 fully saturated rings. The van der Waals surface area contributed by atoms with E-state index in [1.165, 1.54) is 0 Å². The number of benzene rings is 2. The largest absolute Gasteiger partial charge is 0.489 e. The lowest BCUT2D eigenvalue weighted by Crippen LogP contribution is -2.28. The van der Waals surface area contributed by atoms with Crippen LogP contribution >= 0.6 is 0 Å². The first-order chi connectivity index (χ1) is 11.1. The van der Waals surface area contributed by atoms with Crippen LogP contribution in [-0.4, -0.2) is 18.4 Å². The van der Waals surface area contributed by atoms with Gasteiger partial charge in [-0.05, 0) is 29.8 Å². The summed E-state index contributed by atoms with van der Waals surface area (Å²) in [5.41, 5.74) is 7.13. The zero-order chi connectivity index (χ0) is 16.2. The number of carbonyl (C=O) groups is 2. The third-order valence-corrected chi connectivity index (χ3v) is 3.92. The maximum absolute atomic E-state index is 12.0. The Morgan fingerprint density at radius 1 is 1.13 bits per heavy atom. The van der Waals surface area contributed by atoms with Gasteiger partial charge in [-0.25, -0.2) is 0 Å². The molecule has 1 aliphatic rings. The Labute approximate surface area is 134 Å². The van der Waals surface area contributed by atoms with Crippen molar-refractivity contribution in [2.45, 2.75) is 13.0 Å². The van der Waals surface area contributed by atoms with Crippen molar-refractivity contribution in [3.05, 3.63) is 60.2 Å². The number of ether oxygens (including phenoxy) is 1. The summed E-state index contributed by atoms with van der Waals surface area (Å²) in [5, 5.41) is 0. The maximum Gasteiger partial charge on any atom is 0.227 e. The summed E-state index contributed by atoms with van der Waals surface area (Å²) in [4.78, 5) is 24.8. The Bertz CT molecular complexity index is 698. The van der Waals surface area contributed by atoms with Crippen molar-refractivity contribution in [2.75, 3.05) is 11.4 Å². The van der Waals surface area contributed by atoms with E-state index in [0.717, 1.165) is 17.0 Å². The minimum Gasteiger partial charge on any atom is -0.489 e. The number of rotatable bonds is 5. The highest BCUT2D eigenvalue weighted by Gasteiger charge is 2.33. The molecule has 0 unspecified atom stereocenters. The van der Waals surface area contributed by atoms with Crippen LogP contribution < -0.4 is 15.4 Å². The number of hydrogen-bond acceptors (Lipinski definition) is 3. The Morgan fingerprint density at radius 2 is 1.83 bits per heavy atom. The molecule has 1 atom stereocenters. The second kappa shape index (κ2) is 6.52. The van der Waals surface area contributed by atoms with E-state index in [1.807, 2.05) is 54.6 Å². The lowest BCUT2D eigenvalue weighted by Gasteiger charge is -2.16. The van der Waals surface area contributed by atoms with Crippen LogP contribution in [-0.2, 0) is 16.2 Å². The second-order valence-electron chi connectivity index (χ2n) is 5.58. The predicted octanol–water partition coefficient (Wildman–Crippen LogP) is 2.10. The Hall–Kier alpha value is -2.82. The van der Waals surface area contributed by atoms with Gasteiger partial charge in [0.25, 0.3) is 0 Å². The average molecular weight is 310 g/mol. The van der Waals surface area contributed by atoms with Crippen molar-refractivity contribution in [1.29, 1.82) is 0 Å². The molecule has 23 heavy (non-hydrogen) atoms. The van der Waals surface area contributed by atoms with E-state index in [-0.39, 0.29) is 12.3 Å². The first-order valence-corrected chi connectivity index (χ1v) is 7.50. The predicted molar refractivity (Wildman–Crippen MR) is 86.9 cm³/mol. The Kier molecular flexibility index (Phi) is 4.28. The third-order valence-electron chi connectivity index (χ3n) is 3.92. The molecule has 2 N–H and O–H groups in total.